The number of rotatable bonds is 3. The standard InChI is InChI=1S/C12H14/c1-2-3-10-4-6-11(7-5-10)12-8-9-12/h4-8H,2-3,9H2,1H3. The van der Waals surface area contributed by atoms with E-state index in [2.05, 4.69) is 37.3 Å². The van der Waals surface area contributed by atoms with Crippen molar-refractivity contribution in [1.29, 1.82) is 0 Å². The molecule has 0 fully saturated rings. The molecule has 1 aliphatic rings. The van der Waals surface area contributed by atoms with E-state index in [1.165, 1.54) is 36.0 Å². The summed E-state index contributed by atoms with van der Waals surface area (Å²) in [6, 6.07) is 8.98. The van der Waals surface area contributed by atoms with Crippen LogP contribution in [-0.2, 0) is 6.42 Å². The Balaban J connectivity index is 2.13. The van der Waals surface area contributed by atoms with E-state index in [4.69, 9.17) is 0 Å². The van der Waals surface area contributed by atoms with Gasteiger partial charge < -0.3 is 0 Å². The van der Waals surface area contributed by atoms with Gasteiger partial charge in [-0.25, -0.2) is 0 Å². The zero-order valence-electron chi connectivity index (χ0n) is 7.51. The molecule has 2 rings (SSSR count). The molecule has 0 heterocycles. The van der Waals surface area contributed by atoms with Crippen LogP contribution in [0.3, 0.4) is 0 Å². The molecule has 0 aromatic heterocycles. The Hall–Kier alpha value is -1.04. The molecule has 0 atom stereocenters. The number of allylic oxidation sites excluding steroid dienone is 2. The van der Waals surface area contributed by atoms with Crippen LogP contribution in [0.25, 0.3) is 5.57 Å². The van der Waals surface area contributed by atoms with Gasteiger partial charge in [0, 0.05) is 0 Å². The second-order valence-electron chi connectivity index (χ2n) is 3.38. The molecule has 0 spiro atoms. The van der Waals surface area contributed by atoms with E-state index in [1.807, 2.05) is 0 Å². The van der Waals surface area contributed by atoms with Crippen LogP contribution in [0.15, 0.2) is 30.3 Å². The van der Waals surface area contributed by atoms with Crippen LogP contribution in [-0.4, -0.2) is 0 Å². The number of hydrogen-bond donors (Lipinski definition) is 0. The first kappa shape index (κ1) is 7.60. The number of hydrogen-bond acceptors (Lipinski definition) is 0. The Morgan fingerprint density at radius 2 is 1.83 bits per heavy atom. The van der Waals surface area contributed by atoms with Crippen molar-refractivity contribution in [1.82, 2.24) is 0 Å². The third-order valence-corrected chi connectivity index (χ3v) is 2.27. The van der Waals surface area contributed by atoms with Gasteiger partial charge in [0.05, 0.1) is 0 Å². The lowest BCUT2D eigenvalue weighted by atomic mass is 10.1. The van der Waals surface area contributed by atoms with Crippen molar-refractivity contribution >= 4 is 5.57 Å². The molecule has 0 bridgehead atoms. The average Bonchev–Trinajstić information content (AvgIpc) is 2.89. The lowest BCUT2D eigenvalue weighted by Crippen LogP contribution is -1.82. The summed E-state index contributed by atoms with van der Waals surface area (Å²) >= 11 is 0. The quantitative estimate of drug-likeness (QED) is 0.632. The fourth-order valence-electron chi connectivity index (χ4n) is 1.46. The van der Waals surface area contributed by atoms with Crippen LogP contribution in [0, 0.1) is 0 Å². The van der Waals surface area contributed by atoms with E-state index in [1.54, 1.807) is 0 Å². The van der Waals surface area contributed by atoms with Gasteiger partial charge in [0.1, 0.15) is 0 Å². The largest absolute Gasteiger partial charge is 0.0760 e. The minimum atomic E-state index is 1.20. The van der Waals surface area contributed by atoms with E-state index in [0.717, 1.165) is 0 Å². The van der Waals surface area contributed by atoms with Gasteiger partial charge in [-0.05, 0) is 29.5 Å². The van der Waals surface area contributed by atoms with Crippen molar-refractivity contribution in [3.8, 4) is 0 Å². The van der Waals surface area contributed by atoms with Gasteiger partial charge in [0.15, 0.2) is 0 Å². The fraction of sp³-hybridized carbons (Fsp3) is 0.333. The van der Waals surface area contributed by atoms with Gasteiger partial charge in [-0.2, -0.15) is 0 Å². The maximum Gasteiger partial charge on any atom is -0.00884 e. The zero-order chi connectivity index (χ0) is 8.39. The molecular weight excluding hydrogens is 144 g/mol. The molecule has 0 unspecified atom stereocenters. The van der Waals surface area contributed by atoms with Crippen LogP contribution in [0.5, 0.6) is 0 Å². The Kier molecular flexibility index (Phi) is 1.99. The Morgan fingerprint density at radius 3 is 2.33 bits per heavy atom. The summed E-state index contributed by atoms with van der Waals surface area (Å²) in [5, 5.41) is 0. The van der Waals surface area contributed by atoms with Crippen molar-refractivity contribution in [3.63, 3.8) is 0 Å². The summed E-state index contributed by atoms with van der Waals surface area (Å²) in [5.41, 5.74) is 4.38. The molecule has 0 heteroatoms. The third kappa shape index (κ3) is 1.58. The maximum atomic E-state index is 2.27. The SMILES string of the molecule is CCCc1ccc(C2=CC2)cc1. The molecule has 0 N–H and O–H groups in total. The predicted molar refractivity (Wildman–Crippen MR) is 53.0 cm³/mol. The van der Waals surface area contributed by atoms with Gasteiger partial charge in [-0.15, -0.1) is 0 Å². The van der Waals surface area contributed by atoms with Gasteiger partial charge in [-0.3, -0.25) is 0 Å². The molecule has 0 nitrogen and oxygen atoms in total. The molecule has 1 aliphatic carbocycles. The first-order valence-corrected chi connectivity index (χ1v) is 4.68. The smallest absolute Gasteiger partial charge is 0.00884 e. The van der Waals surface area contributed by atoms with Crippen LogP contribution < -0.4 is 0 Å². The lowest BCUT2D eigenvalue weighted by Gasteiger charge is -1.99. The van der Waals surface area contributed by atoms with Crippen molar-refractivity contribution in [3.05, 3.63) is 41.5 Å². The first-order valence-electron chi connectivity index (χ1n) is 4.68. The highest BCUT2D eigenvalue weighted by Crippen LogP contribution is 2.30. The second kappa shape index (κ2) is 3.14. The van der Waals surface area contributed by atoms with Crippen LogP contribution >= 0.6 is 0 Å². The Bertz CT molecular complexity index is 290. The number of benzene rings is 1. The second-order valence-corrected chi connectivity index (χ2v) is 3.38. The highest BCUT2D eigenvalue weighted by atomic mass is 14.1. The summed E-state index contributed by atoms with van der Waals surface area (Å²) in [6.45, 7) is 2.22. The van der Waals surface area contributed by atoms with Gasteiger partial charge in [0.2, 0.25) is 0 Å². The summed E-state index contributed by atoms with van der Waals surface area (Å²) in [7, 11) is 0. The van der Waals surface area contributed by atoms with Crippen LogP contribution in [0.4, 0.5) is 0 Å². The first-order chi connectivity index (χ1) is 5.90. The zero-order valence-corrected chi connectivity index (χ0v) is 7.51. The monoisotopic (exact) mass is 158 g/mol. The van der Waals surface area contributed by atoms with Crippen LogP contribution in [0.2, 0.25) is 0 Å². The summed E-state index contributed by atoms with van der Waals surface area (Å²) in [6.07, 6.45) is 5.92. The Labute approximate surface area is 73.9 Å². The van der Waals surface area contributed by atoms with Crippen molar-refractivity contribution < 1.29 is 0 Å². The highest BCUT2D eigenvalue weighted by Gasteiger charge is 2.08. The number of aryl methyl sites for hydroxylation is 1. The normalized spacial score (nSPS) is 14.2. The molecule has 0 aliphatic heterocycles. The van der Waals surface area contributed by atoms with Crippen molar-refractivity contribution in [2.45, 2.75) is 26.2 Å². The molecule has 12 heavy (non-hydrogen) atoms. The topological polar surface area (TPSA) is 0 Å². The summed E-state index contributed by atoms with van der Waals surface area (Å²) in [5.74, 6) is 0. The molecule has 0 radical (unpaired) electrons. The highest BCUT2D eigenvalue weighted by molar-refractivity contribution is 5.77. The molecular formula is C12H14. The average molecular weight is 158 g/mol. The van der Waals surface area contributed by atoms with Crippen LogP contribution in [0.1, 0.15) is 30.9 Å². The molecule has 0 amide bonds. The van der Waals surface area contributed by atoms with Gasteiger partial charge in [-0.1, -0.05) is 43.7 Å². The molecule has 0 saturated carbocycles. The summed E-state index contributed by atoms with van der Waals surface area (Å²) in [4.78, 5) is 0. The minimum absolute atomic E-state index is 1.20. The van der Waals surface area contributed by atoms with Gasteiger partial charge >= 0.3 is 0 Å². The van der Waals surface area contributed by atoms with E-state index >= 15 is 0 Å². The maximum absolute atomic E-state index is 2.27. The molecule has 1 aromatic rings. The predicted octanol–water partition coefficient (Wildman–Crippen LogP) is 3.43. The van der Waals surface area contributed by atoms with Crippen molar-refractivity contribution in [2.24, 2.45) is 0 Å². The Morgan fingerprint density at radius 1 is 1.17 bits per heavy atom. The van der Waals surface area contributed by atoms with Crippen molar-refractivity contribution in [2.75, 3.05) is 0 Å². The van der Waals surface area contributed by atoms with E-state index in [0.29, 0.717) is 0 Å². The van der Waals surface area contributed by atoms with E-state index < -0.39 is 0 Å². The molecule has 0 saturated heterocycles. The lowest BCUT2D eigenvalue weighted by molar-refractivity contribution is 0.922. The molecule has 1 aromatic carbocycles. The van der Waals surface area contributed by atoms with E-state index in [-0.39, 0.29) is 0 Å². The van der Waals surface area contributed by atoms with Gasteiger partial charge in [0.25, 0.3) is 0 Å². The summed E-state index contributed by atoms with van der Waals surface area (Å²) < 4.78 is 0. The minimum Gasteiger partial charge on any atom is -0.0760 e. The van der Waals surface area contributed by atoms with E-state index in [9.17, 15) is 0 Å². The molecule has 62 valence electrons. The fourth-order valence-corrected chi connectivity index (χ4v) is 1.46. The third-order valence-electron chi connectivity index (χ3n) is 2.27.